The van der Waals surface area contributed by atoms with Crippen molar-refractivity contribution < 1.29 is 9.59 Å². The Kier molecular flexibility index (Phi) is 4.38. The van der Waals surface area contributed by atoms with E-state index in [1.807, 2.05) is 62.4 Å². The maximum Gasteiger partial charge on any atom is 0.240 e. The maximum atomic E-state index is 12.2. The maximum absolute atomic E-state index is 12.2. The van der Waals surface area contributed by atoms with Crippen molar-refractivity contribution >= 4 is 11.8 Å². The molecule has 124 valence electrons. The summed E-state index contributed by atoms with van der Waals surface area (Å²) in [6, 6.07) is 15.2. The minimum Gasteiger partial charge on any atom is -0.368 e. The minimum atomic E-state index is -0.749. The molecule has 0 bridgehead atoms. The number of benzene rings is 2. The third kappa shape index (κ3) is 2.92. The van der Waals surface area contributed by atoms with Crippen molar-refractivity contribution in [1.82, 2.24) is 5.32 Å². The molecule has 2 aromatic carbocycles. The summed E-state index contributed by atoms with van der Waals surface area (Å²) in [5.41, 5.74) is 9.92. The summed E-state index contributed by atoms with van der Waals surface area (Å²) in [5.74, 6) is -0.674. The Morgan fingerprint density at radius 1 is 1.00 bits per heavy atom. The van der Waals surface area contributed by atoms with E-state index in [1.54, 1.807) is 0 Å². The summed E-state index contributed by atoms with van der Waals surface area (Å²) in [7, 11) is 0. The molecule has 2 amide bonds. The van der Waals surface area contributed by atoms with Crippen LogP contribution in [-0.2, 0) is 9.59 Å². The molecule has 0 aliphatic heterocycles. The molecule has 24 heavy (non-hydrogen) atoms. The van der Waals surface area contributed by atoms with E-state index in [1.165, 1.54) is 0 Å². The van der Waals surface area contributed by atoms with E-state index in [0.717, 1.165) is 22.3 Å². The van der Waals surface area contributed by atoms with Crippen LogP contribution < -0.4 is 11.1 Å². The van der Waals surface area contributed by atoms with Gasteiger partial charge in [0.25, 0.3) is 0 Å². The second-order valence-corrected chi connectivity index (χ2v) is 6.70. The van der Waals surface area contributed by atoms with Gasteiger partial charge in [0.2, 0.25) is 11.8 Å². The van der Waals surface area contributed by atoms with E-state index in [9.17, 15) is 9.59 Å². The third-order valence-electron chi connectivity index (χ3n) is 4.43. The largest absolute Gasteiger partial charge is 0.368 e. The van der Waals surface area contributed by atoms with Crippen LogP contribution in [0.25, 0.3) is 11.1 Å². The van der Waals surface area contributed by atoms with E-state index in [-0.39, 0.29) is 17.7 Å². The highest BCUT2D eigenvalue weighted by molar-refractivity contribution is 5.91. The van der Waals surface area contributed by atoms with Crippen LogP contribution in [0.5, 0.6) is 0 Å². The lowest BCUT2D eigenvalue weighted by Crippen LogP contribution is -2.48. The van der Waals surface area contributed by atoms with Gasteiger partial charge < -0.3 is 11.1 Å². The summed E-state index contributed by atoms with van der Waals surface area (Å²) in [6.45, 7) is 3.94. The van der Waals surface area contributed by atoms with Gasteiger partial charge in [0.15, 0.2) is 0 Å². The van der Waals surface area contributed by atoms with Crippen LogP contribution in [0, 0.1) is 5.92 Å². The predicted molar refractivity (Wildman–Crippen MR) is 94.3 cm³/mol. The molecule has 0 saturated carbocycles. The lowest BCUT2D eigenvalue weighted by atomic mass is 9.88. The van der Waals surface area contributed by atoms with Gasteiger partial charge >= 0.3 is 0 Å². The molecule has 3 rings (SSSR count). The van der Waals surface area contributed by atoms with Gasteiger partial charge in [-0.1, -0.05) is 62.4 Å². The van der Waals surface area contributed by atoms with E-state index in [0.29, 0.717) is 6.42 Å². The zero-order valence-electron chi connectivity index (χ0n) is 14.0. The molecule has 2 aromatic rings. The first-order valence-corrected chi connectivity index (χ1v) is 8.26. The molecule has 0 aromatic heterocycles. The van der Waals surface area contributed by atoms with Crippen molar-refractivity contribution in [3.05, 3.63) is 59.7 Å². The normalized spacial score (nSPS) is 14.1. The van der Waals surface area contributed by atoms with E-state index < -0.39 is 11.9 Å². The van der Waals surface area contributed by atoms with Crippen LogP contribution in [0.3, 0.4) is 0 Å². The van der Waals surface area contributed by atoms with Gasteiger partial charge in [0.05, 0.1) is 0 Å². The Morgan fingerprint density at radius 3 is 1.96 bits per heavy atom. The number of rotatable bonds is 5. The molecule has 1 aliphatic rings. The Hall–Kier alpha value is -2.62. The van der Waals surface area contributed by atoms with E-state index in [4.69, 9.17) is 5.73 Å². The van der Waals surface area contributed by atoms with Crippen molar-refractivity contribution in [3.8, 4) is 11.1 Å². The Balaban J connectivity index is 2.02. The van der Waals surface area contributed by atoms with Gasteiger partial charge in [-0.3, -0.25) is 9.59 Å². The van der Waals surface area contributed by atoms with Crippen LogP contribution in [-0.4, -0.2) is 17.9 Å². The second-order valence-electron chi connectivity index (χ2n) is 6.70. The molecule has 0 fully saturated rings. The van der Waals surface area contributed by atoms with Crippen molar-refractivity contribution in [2.75, 3.05) is 0 Å². The van der Waals surface area contributed by atoms with Crippen LogP contribution in [0.4, 0.5) is 0 Å². The zero-order chi connectivity index (χ0) is 17.3. The number of fused-ring (bicyclic) bond motifs is 3. The van der Waals surface area contributed by atoms with Crippen LogP contribution in [0.15, 0.2) is 48.5 Å². The fourth-order valence-electron chi connectivity index (χ4n) is 3.48. The third-order valence-corrected chi connectivity index (χ3v) is 4.43. The predicted octanol–water partition coefficient (Wildman–Crippen LogP) is 2.82. The first-order valence-electron chi connectivity index (χ1n) is 8.26. The van der Waals surface area contributed by atoms with Gasteiger partial charge in [0.1, 0.15) is 6.04 Å². The second kappa shape index (κ2) is 6.48. The summed E-state index contributed by atoms with van der Waals surface area (Å²) in [6.07, 6.45) is 0.375. The number of carbonyl (C=O) groups excluding carboxylic acids is 2. The highest BCUT2D eigenvalue weighted by Crippen LogP contribution is 2.46. The molecule has 0 unspecified atom stereocenters. The number of carbonyl (C=O) groups is 2. The molecule has 1 atom stereocenters. The quantitative estimate of drug-likeness (QED) is 0.888. The van der Waals surface area contributed by atoms with Gasteiger partial charge in [-0.25, -0.2) is 0 Å². The summed E-state index contributed by atoms with van der Waals surface area (Å²) in [4.78, 5) is 24.4. The fourth-order valence-corrected chi connectivity index (χ4v) is 3.48. The molecule has 4 heteroatoms. The van der Waals surface area contributed by atoms with Gasteiger partial charge in [0, 0.05) is 12.3 Å². The summed E-state index contributed by atoms with van der Waals surface area (Å²) < 4.78 is 0. The van der Waals surface area contributed by atoms with Crippen molar-refractivity contribution in [2.45, 2.75) is 32.2 Å². The number of nitrogens with one attached hydrogen (secondary N) is 1. The molecule has 0 saturated heterocycles. The SMILES string of the molecule is CC(C)CC(=O)N[C@@H](C(N)=O)C1c2ccccc2-c2ccccc21. The van der Waals surface area contributed by atoms with Crippen LogP contribution >= 0.6 is 0 Å². The standard InChI is InChI=1S/C20H22N2O2/c1-12(2)11-17(23)22-19(20(21)24)18-15-9-5-3-7-13(15)14-8-4-6-10-16(14)18/h3-10,12,18-19H,11H2,1-2H3,(H2,21,24)(H,22,23)/t19-/m1/s1. The van der Waals surface area contributed by atoms with Crippen molar-refractivity contribution in [2.24, 2.45) is 11.7 Å². The summed E-state index contributed by atoms with van der Waals surface area (Å²) >= 11 is 0. The first-order chi connectivity index (χ1) is 11.5. The van der Waals surface area contributed by atoms with E-state index >= 15 is 0 Å². The molecular formula is C20H22N2O2. The molecule has 4 nitrogen and oxygen atoms in total. The topological polar surface area (TPSA) is 72.2 Å². The van der Waals surface area contributed by atoms with Gasteiger partial charge in [-0.15, -0.1) is 0 Å². The monoisotopic (exact) mass is 322 g/mol. The molecule has 0 radical (unpaired) electrons. The van der Waals surface area contributed by atoms with Gasteiger partial charge in [-0.05, 0) is 28.2 Å². The van der Waals surface area contributed by atoms with Crippen molar-refractivity contribution in [3.63, 3.8) is 0 Å². The lowest BCUT2D eigenvalue weighted by molar-refractivity contribution is -0.128. The zero-order valence-corrected chi connectivity index (χ0v) is 14.0. The average Bonchev–Trinajstić information content (AvgIpc) is 2.86. The van der Waals surface area contributed by atoms with E-state index in [2.05, 4.69) is 5.32 Å². The van der Waals surface area contributed by atoms with Crippen LogP contribution in [0.2, 0.25) is 0 Å². The smallest absolute Gasteiger partial charge is 0.240 e. The highest BCUT2D eigenvalue weighted by atomic mass is 16.2. The number of amides is 2. The molecular weight excluding hydrogens is 300 g/mol. The number of nitrogens with two attached hydrogens (primary N) is 1. The molecule has 0 spiro atoms. The fraction of sp³-hybridized carbons (Fsp3) is 0.300. The van der Waals surface area contributed by atoms with Crippen LogP contribution in [0.1, 0.15) is 37.3 Å². The number of primary amides is 1. The lowest BCUT2D eigenvalue weighted by Gasteiger charge is -2.24. The number of hydrogen-bond donors (Lipinski definition) is 2. The molecule has 3 N–H and O–H groups in total. The Labute approximate surface area is 142 Å². The molecule has 1 aliphatic carbocycles. The molecule has 0 heterocycles. The Morgan fingerprint density at radius 2 is 1.50 bits per heavy atom. The average molecular weight is 322 g/mol. The van der Waals surface area contributed by atoms with Gasteiger partial charge in [-0.2, -0.15) is 0 Å². The van der Waals surface area contributed by atoms with Crippen molar-refractivity contribution in [1.29, 1.82) is 0 Å². The highest BCUT2D eigenvalue weighted by Gasteiger charge is 2.37. The first kappa shape index (κ1) is 16.2. The number of hydrogen-bond acceptors (Lipinski definition) is 2. The summed E-state index contributed by atoms with van der Waals surface area (Å²) in [5, 5.41) is 2.86. The Bertz CT molecular complexity index is 737. The minimum absolute atomic E-state index is 0.143.